The SMILES string of the molecule is c1ccc(C2N=C(c3ccc(-n4c5ccccc5c5cc6ccccc6cc54)cc3-c3cccc4sc5ccccc5c34)N=C(c3cccc4c3c3ccccc3n4-c3ccccc3)N2)cc1. The second-order valence-electron chi connectivity index (χ2n) is 17.3. The number of nitrogens with zero attached hydrogens (tertiary/aromatic N) is 4. The number of para-hydroxylation sites is 3. The average Bonchev–Trinajstić information content (AvgIpc) is 4.06. The van der Waals surface area contributed by atoms with Crippen molar-refractivity contribution >= 4 is 97.6 Å². The second kappa shape index (κ2) is 15.0. The molecule has 0 saturated heterocycles. The molecular weight excluding hydrogens is 835 g/mol. The van der Waals surface area contributed by atoms with Gasteiger partial charge in [0.2, 0.25) is 0 Å². The molecule has 0 aliphatic carbocycles. The van der Waals surface area contributed by atoms with E-state index in [9.17, 15) is 0 Å². The molecule has 0 bridgehead atoms. The van der Waals surface area contributed by atoms with Crippen molar-refractivity contribution in [1.29, 1.82) is 0 Å². The first-order valence-corrected chi connectivity index (χ1v) is 23.6. The van der Waals surface area contributed by atoms with Crippen LogP contribution in [0.2, 0.25) is 0 Å². The van der Waals surface area contributed by atoms with Gasteiger partial charge in [-0.15, -0.1) is 11.3 Å². The van der Waals surface area contributed by atoms with Gasteiger partial charge in [-0.2, -0.15) is 0 Å². The average molecular weight is 874 g/mol. The van der Waals surface area contributed by atoms with E-state index in [1.165, 1.54) is 52.6 Å². The molecule has 0 saturated carbocycles. The Balaban J connectivity index is 1.05. The Morgan fingerprint density at radius 1 is 0.388 bits per heavy atom. The van der Waals surface area contributed by atoms with Crippen molar-refractivity contribution in [1.82, 2.24) is 14.5 Å². The van der Waals surface area contributed by atoms with E-state index >= 15 is 0 Å². The predicted octanol–water partition coefficient (Wildman–Crippen LogP) is 15.6. The van der Waals surface area contributed by atoms with Crippen molar-refractivity contribution < 1.29 is 0 Å². The highest BCUT2D eigenvalue weighted by molar-refractivity contribution is 7.25. The van der Waals surface area contributed by atoms with Crippen molar-refractivity contribution in [3.8, 4) is 22.5 Å². The summed E-state index contributed by atoms with van der Waals surface area (Å²) in [5.41, 5.74) is 12.1. The molecule has 14 rings (SSSR count). The van der Waals surface area contributed by atoms with Crippen LogP contribution in [0.15, 0.2) is 234 Å². The molecule has 0 spiro atoms. The smallest absolute Gasteiger partial charge is 0.160 e. The Kier molecular flexibility index (Phi) is 8.45. The third-order valence-electron chi connectivity index (χ3n) is 13.6. The normalized spacial score (nSPS) is 14.1. The first-order chi connectivity index (χ1) is 33.2. The Labute approximate surface area is 389 Å². The van der Waals surface area contributed by atoms with Crippen LogP contribution < -0.4 is 5.32 Å². The number of hydrogen-bond acceptors (Lipinski definition) is 4. The lowest BCUT2D eigenvalue weighted by atomic mass is 9.93. The van der Waals surface area contributed by atoms with Gasteiger partial charge in [0, 0.05) is 64.2 Å². The fourth-order valence-corrected chi connectivity index (χ4v) is 11.7. The largest absolute Gasteiger partial charge is 0.344 e. The minimum absolute atomic E-state index is 0.391. The number of aliphatic imine (C=N–C) groups is 2. The Hall–Kier alpha value is -8.58. The molecule has 1 atom stereocenters. The van der Waals surface area contributed by atoms with Crippen LogP contribution in [-0.2, 0) is 0 Å². The minimum atomic E-state index is -0.391. The summed E-state index contributed by atoms with van der Waals surface area (Å²) in [4.78, 5) is 11.2. The van der Waals surface area contributed by atoms with Gasteiger partial charge >= 0.3 is 0 Å². The van der Waals surface area contributed by atoms with Crippen LogP contribution in [0.3, 0.4) is 0 Å². The minimum Gasteiger partial charge on any atom is -0.344 e. The van der Waals surface area contributed by atoms with Crippen LogP contribution in [0.1, 0.15) is 22.9 Å². The molecule has 0 amide bonds. The van der Waals surface area contributed by atoms with E-state index in [0.29, 0.717) is 5.84 Å². The molecule has 13 aromatic rings. The van der Waals surface area contributed by atoms with Crippen LogP contribution in [0.25, 0.3) is 97.1 Å². The lowest BCUT2D eigenvalue weighted by Gasteiger charge is -2.25. The summed E-state index contributed by atoms with van der Waals surface area (Å²) in [6.45, 7) is 0. The first-order valence-electron chi connectivity index (χ1n) is 22.8. The standard InChI is InChI=1S/C61H39N5S/c1-3-17-38(18-4-1)59-62-60(64-61(63-59)48-27-15-30-53-57(48)46-24-10-13-29-52(46)65(53)41-21-5-2-6-22-41)45-34-33-42(37-49(45)44-26-16-32-56-58(44)47-25-11-14-31-55(47)67-56)66-51-28-12-9-23-43(51)50-35-39-19-7-8-20-40(39)36-54(50)66/h1-37,59H,(H,62,63,64). The molecule has 1 aliphatic heterocycles. The molecule has 314 valence electrons. The fourth-order valence-electron chi connectivity index (χ4n) is 10.6. The monoisotopic (exact) mass is 873 g/mol. The number of benzene rings is 10. The quantitative estimate of drug-likeness (QED) is 0.178. The highest BCUT2D eigenvalue weighted by Crippen LogP contribution is 2.44. The number of amidine groups is 2. The van der Waals surface area contributed by atoms with Gasteiger partial charge in [-0.1, -0.05) is 152 Å². The van der Waals surface area contributed by atoms with Gasteiger partial charge in [0.05, 0.1) is 22.1 Å². The summed E-state index contributed by atoms with van der Waals surface area (Å²) in [7, 11) is 0. The molecule has 4 heterocycles. The molecule has 5 nitrogen and oxygen atoms in total. The maximum atomic E-state index is 5.62. The number of fused-ring (bicyclic) bond motifs is 10. The van der Waals surface area contributed by atoms with Crippen molar-refractivity contribution in [3.05, 3.63) is 241 Å². The zero-order valence-corrected chi connectivity index (χ0v) is 37.0. The van der Waals surface area contributed by atoms with Gasteiger partial charge in [0.15, 0.2) is 5.84 Å². The lowest BCUT2D eigenvalue weighted by Crippen LogP contribution is -2.33. The third-order valence-corrected chi connectivity index (χ3v) is 14.7. The van der Waals surface area contributed by atoms with Gasteiger partial charge in [0.1, 0.15) is 12.0 Å². The van der Waals surface area contributed by atoms with Gasteiger partial charge in [0.25, 0.3) is 0 Å². The van der Waals surface area contributed by atoms with E-state index in [1.807, 2.05) is 11.3 Å². The van der Waals surface area contributed by atoms with Gasteiger partial charge in [-0.25, -0.2) is 9.98 Å². The van der Waals surface area contributed by atoms with Crippen LogP contribution in [0, 0.1) is 0 Å². The van der Waals surface area contributed by atoms with E-state index in [4.69, 9.17) is 9.98 Å². The molecule has 0 fully saturated rings. The third kappa shape index (κ3) is 5.93. The van der Waals surface area contributed by atoms with Crippen LogP contribution >= 0.6 is 11.3 Å². The topological polar surface area (TPSA) is 46.6 Å². The number of thiophene rings is 1. The molecule has 6 heteroatoms. The van der Waals surface area contributed by atoms with E-state index in [-0.39, 0.29) is 0 Å². The molecule has 1 N–H and O–H groups in total. The number of hydrogen-bond donors (Lipinski definition) is 1. The summed E-state index contributed by atoms with van der Waals surface area (Å²) in [5.74, 6) is 1.46. The Morgan fingerprint density at radius 3 is 1.85 bits per heavy atom. The van der Waals surface area contributed by atoms with E-state index in [2.05, 4.69) is 239 Å². The summed E-state index contributed by atoms with van der Waals surface area (Å²) >= 11 is 1.84. The number of rotatable bonds is 6. The molecule has 0 radical (unpaired) electrons. The van der Waals surface area contributed by atoms with Crippen LogP contribution in [0.4, 0.5) is 0 Å². The molecule has 3 aromatic heterocycles. The van der Waals surface area contributed by atoms with Crippen molar-refractivity contribution in [2.45, 2.75) is 6.17 Å². The summed E-state index contributed by atoms with van der Waals surface area (Å²) in [5, 5.41) is 13.5. The molecule has 1 unspecified atom stereocenters. The van der Waals surface area contributed by atoms with E-state index in [1.54, 1.807) is 0 Å². The van der Waals surface area contributed by atoms with Gasteiger partial charge in [-0.05, 0) is 100 Å². The van der Waals surface area contributed by atoms with Crippen LogP contribution in [-0.4, -0.2) is 20.8 Å². The lowest BCUT2D eigenvalue weighted by molar-refractivity contribution is 0.674. The van der Waals surface area contributed by atoms with Crippen molar-refractivity contribution in [2.75, 3.05) is 0 Å². The highest BCUT2D eigenvalue weighted by Gasteiger charge is 2.27. The van der Waals surface area contributed by atoms with Crippen molar-refractivity contribution in [3.63, 3.8) is 0 Å². The predicted molar refractivity (Wildman–Crippen MR) is 283 cm³/mol. The summed E-state index contributed by atoms with van der Waals surface area (Å²) in [6, 6.07) is 81.0. The van der Waals surface area contributed by atoms with Gasteiger partial charge < -0.3 is 14.5 Å². The van der Waals surface area contributed by atoms with Crippen LogP contribution in [0.5, 0.6) is 0 Å². The van der Waals surface area contributed by atoms with E-state index in [0.717, 1.165) is 67.0 Å². The fraction of sp³-hybridized carbons (Fsp3) is 0.0164. The Morgan fingerprint density at radius 2 is 1.01 bits per heavy atom. The van der Waals surface area contributed by atoms with E-state index < -0.39 is 6.17 Å². The first kappa shape index (κ1) is 37.8. The highest BCUT2D eigenvalue weighted by atomic mass is 32.1. The number of aromatic nitrogens is 2. The molecule has 1 aliphatic rings. The maximum absolute atomic E-state index is 5.62. The van der Waals surface area contributed by atoms with Crippen molar-refractivity contribution in [2.24, 2.45) is 9.98 Å². The molecule has 67 heavy (non-hydrogen) atoms. The maximum Gasteiger partial charge on any atom is 0.160 e. The van der Waals surface area contributed by atoms with Gasteiger partial charge in [-0.3, -0.25) is 0 Å². The summed E-state index contributed by atoms with van der Waals surface area (Å²) in [6.07, 6.45) is -0.391. The summed E-state index contributed by atoms with van der Waals surface area (Å²) < 4.78 is 7.31. The second-order valence-corrected chi connectivity index (χ2v) is 18.4. The molecule has 10 aromatic carbocycles. The molecular formula is C61H39N5S. The number of nitrogens with one attached hydrogen (secondary N) is 1. The zero-order chi connectivity index (χ0) is 44.0. The zero-order valence-electron chi connectivity index (χ0n) is 36.1. The Bertz CT molecular complexity index is 4190.